The Labute approximate surface area is 319 Å². The van der Waals surface area contributed by atoms with Gasteiger partial charge in [0.25, 0.3) is 0 Å². The molecule has 1 atom stereocenters. The first-order valence-electron chi connectivity index (χ1n) is 19.0. The maximum absolute atomic E-state index is 14.4. The zero-order valence-electron chi connectivity index (χ0n) is 30.3. The molecule has 2 nitrogen and oxygen atoms in total. The van der Waals surface area contributed by atoms with E-state index in [9.17, 15) is 13.2 Å². The van der Waals surface area contributed by atoms with Crippen molar-refractivity contribution in [3.8, 4) is 16.9 Å². The maximum Gasteiger partial charge on any atom is 0.416 e. The molecule has 7 heteroatoms. The largest absolute Gasteiger partial charge is 0.472 e. The molecule has 5 aromatic rings. The van der Waals surface area contributed by atoms with Gasteiger partial charge >= 0.3 is 6.18 Å². The lowest BCUT2D eigenvalue weighted by molar-refractivity contribution is -0.137. The van der Waals surface area contributed by atoms with Gasteiger partial charge in [-0.25, -0.2) is 0 Å². The smallest absolute Gasteiger partial charge is 0.416 e. The average molecular weight is 748 g/mol. The molecule has 2 aliphatic carbocycles. The monoisotopic (exact) mass is 747 g/mol. The molecule has 2 aliphatic heterocycles. The highest BCUT2D eigenvalue weighted by Gasteiger charge is 2.49. The number of hydrogen-bond donors (Lipinski definition) is 0. The van der Waals surface area contributed by atoms with Crippen LogP contribution in [-0.4, -0.2) is 25.6 Å². The Morgan fingerprint density at radius 1 is 0.698 bits per heavy atom. The number of halogens is 3. The van der Waals surface area contributed by atoms with Gasteiger partial charge in [0.1, 0.15) is 5.75 Å². The third-order valence-corrected chi connectivity index (χ3v) is 14.0. The van der Waals surface area contributed by atoms with E-state index in [1.54, 1.807) is 29.6 Å². The quantitative estimate of drug-likeness (QED) is 0.166. The third-order valence-electron chi connectivity index (χ3n) is 12.3. The molecule has 0 aromatic heterocycles. The number of anilines is 1. The van der Waals surface area contributed by atoms with Crippen molar-refractivity contribution >= 4 is 46.1 Å². The Bertz CT molecular complexity index is 2220. The van der Waals surface area contributed by atoms with Crippen LogP contribution in [-0.2, 0) is 17.2 Å². The number of ether oxygens (including phenoxy) is 1. The van der Waals surface area contributed by atoms with Crippen molar-refractivity contribution in [3.63, 3.8) is 0 Å². The van der Waals surface area contributed by atoms with E-state index in [1.807, 2.05) is 6.07 Å². The fraction of sp³-hybridized carbons (Fsp3) is 0.348. The number of nitrogens with zero attached hydrogens (tertiary/aromatic N) is 1. The van der Waals surface area contributed by atoms with Gasteiger partial charge in [0, 0.05) is 56.1 Å². The molecule has 0 radical (unpaired) electrons. The van der Waals surface area contributed by atoms with Crippen LogP contribution >= 0.6 is 23.5 Å². The van der Waals surface area contributed by atoms with E-state index < -0.39 is 22.8 Å². The number of rotatable bonds is 5. The second kappa shape index (κ2) is 13.5. The lowest BCUT2D eigenvalue weighted by Crippen LogP contribution is -2.35. The summed E-state index contributed by atoms with van der Waals surface area (Å²) in [7, 11) is 0. The fourth-order valence-electron chi connectivity index (χ4n) is 9.80. The normalized spacial score (nSPS) is 20.5. The summed E-state index contributed by atoms with van der Waals surface area (Å²) in [4.78, 5) is 4.81. The molecule has 4 aliphatic rings. The van der Waals surface area contributed by atoms with Crippen LogP contribution in [0.1, 0.15) is 91.2 Å². The van der Waals surface area contributed by atoms with Crippen LogP contribution in [0.25, 0.3) is 28.0 Å². The van der Waals surface area contributed by atoms with Crippen LogP contribution in [0, 0.1) is 0 Å². The number of alkyl halides is 3. The van der Waals surface area contributed by atoms with Crippen molar-refractivity contribution in [2.75, 3.05) is 30.5 Å². The molecule has 0 amide bonds. The lowest BCUT2D eigenvalue weighted by Gasteiger charge is -2.40. The van der Waals surface area contributed by atoms with E-state index in [4.69, 9.17) is 4.74 Å². The fourth-order valence-corrected chi connectivity index (χ4v) is 11.3. The molecule has 53 heavy (non-hydrogen) atoms. The number of hydrogen-bond acceptors (Lipinski definition) is 4. The van der Waals surface area contributed by atoms with Gasteiger partial charge < -0.3 is 9.64 Å². The predicted octanol–water partition coefficient (Wildman–Crippen LogP) is 13.3. The molecule has 272 valence electrons. The van der Waals surface area contributed by atoms with E-state index in [0.29, 0.717) is 0 Å². The highest BCUT2D eigenvalue weighted by molar-refractivity contribution is 8.01. The van der Waals surface area contributed by atoms with E-state index in [1.165, 1.54) is 37.1 Å². The third kappa shape index (κ3) is 5.63. The van der Waals surface area contributed by atoms with Gasteiger partial charge in [-0.3, -0.25) is 0 Å². The van der Waals surface area contributed by atoms with Gasteiger partial charge in [0.05, 0.1) is 5.56 Å². The SMILES string of the molecule is CSc1cc2c3c(c4c(c2cc1SC)-c1ccc(C(F)(F)F)cc1C41CCCCCC1)C=CC(c1ccccc1)(c1ccc(N2CCCCC2)cc1)O3. The van der Waals surface area contributed by atoms with E-state index >= 15 is 0 Å². The van der Waals surface area contributed by atoms with Crippen molar-refractivity contribution in [1.29, 1.82) is 0 Å². The van der Waals surface area contributed by atoms with Crippen molar-refractivity contribution in [2.24, 2.45) is 0 Å². The van der Waals surface area contributed by atoms with E-state index in [-0.39, 0.29) is 0 Å². The van der Waals surface area contributed by atoms with E-state index in [2.05, 4.69) is 90.2 Å². The molecule has 1 unspecified atom stereocenters. The second-order valence-electron chi connectivity index (χ2n) is 15.1. The summed E-state index contributed by atoms with van der Waals surface area (Å²) in [5, 5.41) is 2.06. The Balaban J connectivity index is 1.33. The zero-order chi connectivity index (χ0) is 36.4. The summed E-state index contributed by atoms with van der Waals surface area (Å²) in [5.74, 6) is 0.820. The Morgan fingerprint density at radius 3 is 2.00 bits per heavy atom. The van der Waals surface area contributed by atoms with Gasteiger partial charge in [-0.15, -0.1) is 23.5 Å². The van der Waals surface area contributed by atoms with Gasteiger partial charge in [-0.2, -0.15) is 13.2 Å². The first kappa shape index (κ1) is 34.9. The number of benzene rings is 5. The minimum atomic E-state index is -4.42. The molecular formula is C46H44F3NOS2. The average Bonchev–Trinajstić information content (AvgIpc) is 3.29. The molecule has 0 bridgehead atoms. The Morgan fingerprint density at radius 2 is 1.34 bits per heavy atom. The van der Waals surface area contributed by atoms with Crippen LogP contribution in [0.4, 0.5) is 18.9 Å². The summed E-state index contributed by atoms with van der Waals surface area (Å²) in [6, 6.07) is 28.5. The van der Waals surface area contributed by atoms with Crippen LogP contribution in [0.5, 0.6) is 5.75 Å². The Kier molecular flexibility index (Phi) is 8.89. The van der Waals surface area contributed by atoms with Crippen molar-refractivity contribution in [3.05, 3.63) is 124 Å². The van der Waals surface area contributed by atoms with Gasteiger partial charge in [-0.1, -0.05) is 80.3 Å². The number of piperidine rings is 1. The van der Waals surface area contributed by atoms with Crippen LogP contribution in [0.15, 0.2) is 101 Å². The van der Waals surface area contributed by atoms with Gasteiger partial charge in [0.15, 0.2) is 5.60 Å². The number of thioether (sulfide) groups is 2. The molecular weight excluding hydrogens is 704 g/mol. The second-order valence-corrected chi connectivity index (χ2v) is 16.8. The summed E-state index contributed by atoms with van der Waals surface area (Å²) in [6.07, 6.45) is 13.8. The highest BCUT2D eigenvalue weighted by Crippen LogP contribution is 2.62. The standard InChI is InChI=1S/C46H44F3NOS2/c1-52-39-28-36-37(29-40(39)53-2)43-35(42-41(36)34-20-17-32(46(47,48)49)27-38(34)44(42)22-9-3-4-10-23-44)21-24-45(51-43,30-13-7-5-8-14-30)31-15-18-33(19-16-31)50-25-11-6-12-26-50/h5,7-8,13-21,24,27-29H,3-4,6,9-12,22-23,25-26H2,1-2H3. The summed E-state index contributed by atoms with van der Waals surface area (Å²) in [6.45, 7) is 2.16. The Hall–Kier alpha value is -3.81. The minimum Gasteiger partial charge on any atom is -0.472 e. The highest BCUT2D eigenvalue weighted by atomic mass is 32.2. The first-order valence-corrected chi connectivity index (χ1v) is 21.5. The zero-order valence-corrected chi connectivity index (χ0v) is 32.0. The maximum atomic E-state index is 14.4. The molecule has 0 N–H and O–H groups in total. The molecule has 1 saturated carbocycles. The van der Waals surface area contributed by atoms with Crippen LogP contribution in [0.2, 0.25) is 0 Å². The molecule has 5 aromatic carbocycles. The van der Waals surface area contributed by atoms with Gasteiger partial charge in [-0.05, 0) is 115 Å². The van der Waals surface area contributed by atoms with Crippen molar-refractivity contribution < 1.29 is 17.9 Å². The predicted molar refractivity (Wildman–Crippen MR) is 216 cm³/mol. The van der Waals surface area contributed by atoms with Gasteiger partial charge in [0.2, 0.25) is 0 Å². The molecule has 2 fully saturated rings. The molecule has 9 rings (SSSR count). The van der Waals surface area contributed by atoms with Crippen molar-refractivity contribution in [1.82, 2.24) is 0 Å². The topological polar surface area (TPSA) is 12.5 Å². The minimum absolute atomic E-state index is 0.533. The lowest BCUT2D eigenvalue weighted by atomic mass is 9.69. The first-order chi connectivity index (χ1) is 25.8. The van der Waals surface area contributed by atoms with Crippen LogP contribution < -0.4 is 9.64 Å². The molecule has 1 saturated heterocycles. The summed E-state index contributed by atoms with van der Waals surface area (Å²) < 4.78 is 50.9. The number of fused-ring (bicyclic) bond motifs is 10. The van der Waals surface area contributed by atoms with E-state index in [0.717, 1.165) is 117 Å². The van der Waals surface area contributed by atoms with Crippen molar-refractivity contribution in [2.45, 2.75) is 84.8 Å². The van der Waals surface area contributed by atoms with Crippen LogP contribution in [0.3, 0.4) is 0 Å². The molecule has 1 spiro atoms. The summed E-state index contributed by atoms with van der Waals surface area (Å²) >= 11 is 3.43. The molecule has 2 heterocycles. The summed E-state index contributed by atoms with van der Waals surface area (Å²) in [5.41, 5.74) is 6.34.